The number of hydrogen-bond acceptors (Lipinski definition) is 6. The normalized spacial score (nSPS) is 11.2. The van der Waals surface area contributed by atoms with E-state index in [1.807, 2.05) is 0 Å². The number of nitrogens with zero attached hydrogens (tertiary/aromatic N) is 2. The highest BCUT2D eigenvalue weighted by Crippen LogP contribution is 2.29. The van der Waals surface area contributed by atoms with Crippen molar-refractivity contribution < 1.29 is 27.5 Å². The lowest BCUT2D eigenvalue weighted by atomic mass is 10.0. The summed E-state index contributed by atoms with van der Waals surface area (Å²) >= 11 is 0. The Balaban J connectivity index is 2.20. The highest BCUT2D eigenvalue weighted by molar-refractivity contribution is 5.70. The zero-order valence-corrected chi connectivity index (χ0v) is 12.6. The molecule has 0 saturated heterocycles. The minimum absolute atomic E-state index is 0.0476. The zero-order valence-electron chi connectivity index (χ0n) is 12.6. The van der Waals surface area contributed by atoms with Gasteiger partial charge in [0, 0.05) is 12.0 Å². The summed E-state index contributed by atoms with van der Waals surface area (Å²) in [4.78, 5) is 15.1. The molecule has 2 N–H and O–H groups in total. The van der Waals surface area contributed by atoms with Gasteiger partial charge in [-0.3, -0.25) is 4.79 Å². The Hall–Kier alpha value is -2.68. The minimum Gasteiger partial charge on any atom is -0.406 e. The van der Waals surface area contributed by atoms with Crippen LogP contribution in [0.1, 0.15) is 17.7 Å². The predicted molar refractivity (Wildman–Crippen MR) is 77.5 cm³/mol. The number of aryl methyl sites for hydroxylation is 2. The van der Waals surface area contributed by atoms with Gasteiger partial charge in [-0.1, -0.05) is 6.07 Å². The molecular weight excluding hydrogens is 327 g/mol. The number of hydrogen-bond donors (Lipinski definition) is 1. The monoisotopic (exact) mass is 341 g/mol. The third kappa shape index (κ3) is 4.92. The molecule has 0 bridgehead atoms. The van der Waals surface area contributed by atoms with Gasteiger partial charge in [0.2, 0.25) is 0 Å². The van der Waals surface area contributed by atoms with Crippen LogP contribution < -0.4 is 10.6 Å². The number of nitrogens with two attached hydrogens (primary N) is 1. The number of halogens is 3. The number of aromatic nitrogens is 2. The average Bonchev–Trinajstić information content (AvgIpc) is 2.51. The third-order valence-corrected chi connectivity index (χ3v) is 3.16. The largest absolute Gasteiger partial charge is 0.573 e. The maximum absolute atomic E-state index is 12.2. The van der Waals surface area contributed by atoms with Crippen LogP contribution in [0, 0.1) is 6.92 Å². The summed E-state index contributed by atoms with van der Waals surface area (Å²) in [5.41, 5.74) is 2.46. The standard InChI is InChI=1S/C15H14F3N3O3/c1-9-6-12(23-15(16,17)18)3-4-13(9)10-7-11(21-20-8-10)2-5-14(22)24-19/h3-4,6-8H,2,5,19H2,1H3. The molecule has 0 aliphatic rings. The molecule has 0 spiro atoms. The molecule has 1 heterocycles. The molecule has 128 valence electrons. The second-order valence-corrected chi connectivity index (χ2v) is 4.95. The highest BCUT2D eigenvalue weighted by Gasteiger charge is 2.31. The van der Waals surface area contributed by atoms with Crippen molar-refractivity contribution in [2.24, 2.45) is 5.90 Å². The van der Waals surface area contributed by atoms with Crippen LogP contribution in [0.25, 0.3) is 11.1 Å². The molecule has 2 rings (SSSR count). The Morgan fingerprint density at radius 3 is 2.67 bits per heavy atom. The SMILES string of the molecule is Cc1cc(OC(F)(F)F)ccc1-c1cnnc(CCC(=O)ON)c1. The summed E-state index contributed by atoms with van der Waals surface area (Å²) in [6.07, 6.45) is -2.93. The van der Waals surface area contributed by atoms with Gasteiger partial charge in [-0.2, -0.15) is 16.1 Å². The molecule has 0 fully saturated rings. The number of rotatable bonds is 5. The Labute approximate surface area is 135 Å². The van der Waals surface area contributed by atoms with Gasteiger partial charge in [0.25, 0.3) is 0 Å². The van der Waals surface area contributed by atoms with E-state index in [0.29, 0.717) is 22.4 Å². The maximum Gasteiger partial charge on any atom is 0.573 e. The molecule has 0 saturated carbocycles. The van der Waals surface area contributed by atoms with E-state index in [0.717, 1.165) is 0 Å². The van der Waals surface area contributed by atoms with Crippen LogP contribution in [0.15, 0.2) is 30.5 Å². The van der Waals surface area contributed by atoms with Crippen molar-refractivity contribution in [2.45, 2.75) is 26.1 Å². The van der Waals surface area contributed by atoms with Gasteiger partial charge in [0.15, 0.2) is 0 Å². The summed E-state index contributed by atoms with van der Waals surface area (Å²) in [6, 6.07) is 5.71. The summed E-state index contributed by atoms with van der Waals surface area (Å²) in [6.45, 7) is 1.66. The van der Waals surface area contributed by atoms with Crippen LogP contribution in [-0.4, -0.2) is 22.5 Å². The van der Waals surface area contributed by atoms with Crippen molar-refractivity contribution in [3.05, 3.63) is 41.7 Å². The van der Waals surface area contributed by atoms with Crippen LogP contribution in [0.2, 0.25) is 0 Å². The van der Waals surface area contributed by atoms with Crippen molar-refractivity contribution in [3.63, 3.8) is 0 Å². The fourth-order valence-electron chi connectivity index (χ4n) is 2.13. The number of carbonyl (C=O) groups excluding carboxylic acids is 1. The Morgan fingerprint density at radius 1 is 1.29 bits per heavy atom. The van der Waals surface area contributed by atoms with Crippen LogP contribution in [0.4, 0.5) is 13.2 Å². The maximum atomic E-state index is 12.2. The smallest absolute Gasteiger partial charge is 0.406 e. The topological polar surface area (TPSA) is 87.3 Å². The summed E-state index contributed by atoms with van der Waals surface area (Å²) < 4.78 is 40.6. The van der Waals surface area contributed by atoms with E-state index in [-0.39, 0.29) is 18.6 Å². The molecule has 0 radical (unpaired) electrons. The molecule has 0 aliphatic heterocycles. The lowest BCUT2D eigenvalue weighted by Gasteiger charge is -2.12. The van der Waals surface area contributed by atoms with Gasteiger partial charge < -0.3 is 9.57 Å². The Morgan fingerprint density at radius 2 is 2.04 bits per heavy atom. The van der Waals surface area contributed by atoms with Crippen molar-refractivity contribution in [2.75, 3.05) is 0 Å². The first kappa shape index (κ1) is 17.7. The third-order valence-electron chi connectivity index (χ3n) is 3.16. The van der Waals surface area contributed by atoms with E-state index in [9.17, 15) is 18.0 Å². The second-order valence-electron chi connectivity index (χ2n) is 4.95. The molecule has 9 heteroatoms. The molecule has 0 atom stereocenters. The lowest BCUT2D eigenvalue weighted by Crippen LogP contribution is -2.17. The van der Waals surface area contributed by atoms with Gasteiger partial charge in [0.1, 0.15) is 5.75 Å². The number of ether oxygens (including phenoxy) is 1. The minimum atomic E-state index is -4.74. The number of carbonyl (C=O) groups is 1. The van der Waals surface area contributed by atoms with Gasteiger partial charge >= 0.3 is 12.3 Å². The molecular formula is C15H14F3N3O3. The predicted octanol–water partition coefficient (Wildman–Crippen LogP) is 2.70. The molecule has 2 aromatic rings. The Kier molecular flexibility index (Phi) is 5.35. The highest BCUT2D eigenvalue weighted by atomic mass is 19.4. The van der Waals surface area contributed by atoms with E-state index >= 15 is 0 Å². The molecule has 0 amide bonds. The van der Waals surface area contributed by atoms with Gasteiger partial charge in [0.05, 0.1) is 18.3 Å². The molecule has 0 unspecified atom stereocenters. The summed E-state index contributed by atoms with van der Waals surface area (Å²) in [5.74, 6) is 3.89. The Bertz CT molecular complexity index is 735. The van der Waals surface area contributed by atoms with Crippen molar-refractivity contribution in [1.82, 2.24) is 10.2 Å². The molecule has 24 heavy (non-hydrogen) atoms. The molecule has 0 aliphatic carbocycles. The van der Waals surface area contributed by atoms with Crippen molar-refractivity contribution >= 4 is 5.97 Å². The van der Waals surface area contributed by atoms with E-state index in [1.54, 1.807) is 13.0 Å². The van der Waals surface area contributed by atoms with Crippen LogP contribution in [-0.2, 0) is 16.1 Å². The number of alkyl halides is 3. The fraction of sp³-hybridized carbons (Fsp3) is 0.267. The summed E-state index contributed by atoms with van der Waals surface area (Å²) in [7, 11) is 0. The average molecular weight is 341 g/mol. The van der Waals surface area contributed by atoms with Crippen LogP contribution in [0.3, 0.4) is 0 Å². The van der Waals surface area contributed by atoms with Gasteiger partial charge in [-0.15, -0.1) is 13.2 Å². The van der Waals surface area contributed by atoms with E-state index in [1.165, 1.54) is 24.4 Å². The second kappa shape index (κ2) is 7.26. The van der Waals surface area contributed by atoms with E-state index < -0.39 is 12.3 Å². The van der Waals surface area contributed by atoms with E-state index in [4.69, 9.17) is 5.90 Å². The zero-order chi connectivity index (χ0) is 17.7. The molecule has 6 nitrogen and oxygen atoms in total. The van der Waals surface area contributed by atoms with Crippen molar-refractivity contribution in [3.8, 4) is 16.9 Å². The van der Waals surface area contributed by atoms with Crippen LogP contribution >= 0.6 is 0 Å². The first-order valence-corrected chi connectivity index (χ1v) is 6.86. The first-order valence-electron chi connectivity index (χ1n) is 6.86. The van der Waals surface area contributed by atoms with Gasteiger partial charge in [-0.25, -0.2) is 0 Å². The number of benzene rings is 1. The van der Waals surface area contributed by atoms with Crippen LogP contribution in [0.5, 0.6) is 5.75 Å². The lowest BCUT2D eigenvalue weighted by molar-refractivity contribution is -0.274. The van der Waals surface area contributed by atoms with E-state index in [2.05, 4.69) is 19.8 Å². The van der Waals surface area contributed by atoms with Crippen molar-refractivity contribution in [1.29, 1.82) is 0 Å². The molecule has 1 aromatic heterocycles. The first-order chi connectivity index (χ1) is 11.3. The molecule has 1 aromatic carbocycles. The van der Waals surface area contributed by atoms with Gasteiger partial charge in [-0.05, 0) is 36.2 Å². The fourth-order valence-corrected chi connectivity index (χ4v) is 2.13. The summed E-state index contributed by atoms with van der Waals surface area (Å²) in [5, 5.41) is 7.74. The quantitative estimate of drug-likeness (QED) is 0.842.